The molecule has 174 valence electrons. The predicted molar refractivity (Wildman–Crippen MR) is 117 cm³/mol. The first-order valence-electron chi connectivity index (χ1n) is 10.9. The first-order chi connectivity index (χ1) is 15.2. The summed E-state index contributed by atoms with van der Waals surface area (Å²) in [6, 6.07) is 14.5. The van der Waals surface area contributed by atoms with E-state index >= 15 is 0 Å². The third-order valence-corrected chi connectivity index (χ3v) is 7.33. The summed E-state index contributed by atoms with van der Waals surface area (Å²) in [5.74, 6) is 0.274. The van der Waals surface area contributed by atoms with Gasteiger partial charge in [0.05, 0.1) is 0 Å². The third-order valence-electron chi connectivity index (χ3n) is 6.35. The molecule has 0 radical (unpaired) electrons. The average Bonchev–Trinajstić information content (AvgIpc) is 2.77. The minimum absolute atomic E-state index is 0.350. The number of alkyl halides is 3. The Hall–Kier alpha value is -2.26. The van der Waals surface area contributed by atoms with Crippen molar-refractivity contribution >= 4 is 15.8 Å². The van der Waals surface area contributed by atoms with Crippen molar-refractivity contribution in [1.29, 1.82) is 0 Å². The van der Waals surface area contributed by atoms with Crippen molar-refractivity contribution in [3.8, 4) is 5.75 Å². The van der Waals surface area contributed by atoms with Gasteiger partial charge in [-0.25, -0.2) is 0 Å². The monoisotopic (exact) mass is 468 g/mol. The lowest BCUT2D eigenvalue weighted by molar-refractivity contribution is -0.0500. The van der Waals surface area contributed by atoms with Crippen LogP contribution in [0.25, 0.3) is 0 Å². The van der Waals surface area contributed by atoms with Gasteiger partial charge in [0.15, 0.2) is 0 Å². The maximum atomic E-state index is 12.5. The van der Waals surface area contributed by atoms with Gasteiger partial charge >= 0.3 is 15.6 Å². The second-order valence-corrected chi connectivity index (χ2v) is 9.92. The first-order valence-corrected chi connectivity index (χ1v) is 12.3. The van der Waals surface area contributed by atoms with E-state index in [1.54, 1.807) is 12.1 Å². The summed E-state index contributed by atoms with van der Waals surface area (Å²) in [6.45, 7) is 4.49. The molecule has 2 aliphatic rings. The number of benzene rings is 2. The zero-order valence-electron chi connectivity index (χ0n) is 17.7. The van der Waals surface area contributed by atoms with E-state index in [4.69, 9.17) is 0 Å². The lowest BCUT2D eigenvalue weighted by Gasteiger charge is -2.37. The average molecular weight is 469 g/mol. The normalized spacial score (nSPS) is 20.1. The summed E-state index contributed by atoms with van der Waals surface area (Å²) < 4.78 is 63.8. The minimum atomic E-state index is -5.65. The molecular formula is C23H27F3N2O3S. The van der Waals surface area contributed by atoms with E-state index in [2.05, 4.69) is 38.2 Å². The fourth-order valence-corrected chi connectivity index (χ4v) is 5.07. The largest absolute Gasteiger partial charge is 0.534 e. The fourth-order valence-electron chi connectivity index (χ4n) is 4.61. The summed E-state index contributed by atoms with van der Waals surface area (Å²) in [4.78, 5) is 4.61. The van der Waals surface area contributed by atoms with Gasteiger partial charge in [-0.15, -0.1) is 0 Å². The zero-order chi connectivity index (χ0) is 22.8. The van der Waals surface area contributed by atoms with Gasteiger partial charge in [-0.1, -0.05) is 24.3 Å². The lowest BCUT2D eigenvalue weighted by atomic mass is 9.81. The maximum Gasteiger partial charge on any atom is 0.534 e. The summed E-state index contributed by atoms with van der Waals surface area (Å²) in [5.41, 5.74) is -1.61. The Morgan fingerprint density at radius 3 is 2.34 bits per heavy atom. The van der Waals surface area contributed by atoms with Crippen LogP contribution in [-0.2, 0) is 16.5 Å². The molecule has 1 aliphatic carbocycles. The molecule has 0 spiro atoms. The molecule has 1 fully saturated rings. The van der Waals surface area contributed by atoms with Gasteiger partial charge in [0, 0.05) is 31.9 Å². The van der Waals surface area contributed by atoms with Crippen molar-refractivity contribution in [3.05, 3.63) is 59.7 Å². The highest BCUT2D eigenvalue weighted by molar-refractivity contribution is 7.88. The number of nitrogens with zero attached hydrogens (tertiary/aromatic N) is 2. The number of piperazine rings is 1. The molecule has 32 heavy (non-hydrogen) atoms. The molecule has 0 amide bonds. The molecule has 0 bridgehead atoms. The van der Waals surface area contributed by atoms with Crippen LogP contribution in [0.4, 0.5) is 18.9 Å². The zero-order valence-corrected chi connectivity index (χ0v) is 18.5. The van der Waals surface area contributed by atoms with Crippen LogP contribution in [0.15, 0.2) is 48.5 Å². The smallest absolute Gasteiger partial charge is 0.376 e. The molecule has 1 atom stereocenters. The second kappa shape index (κ2) is 9.31. The quantitative estimate of drug-likeness (QED) is 0.460. The van der Waals surface area contributed by atoms with Crippen molar-refractivity contribution < 1.29 is 25.8 Å². The van der Waals surface area contributed by atoms with Crippen molar-refractivity contribution in [2.75, 3.05) is 37.6 Å². The molecule has 1 saturated heterocycles. The number of hydrogen-bond donors (Lipinski definition) is 0. The molecule has 0 aromatic heterocycles. The highest BCUT2D eigenvalue weighted by Gasteiger charge is 2.48. The molecular weight excluding hydrogens is 441 g/mol. The van der Waals surface area contributed by atoms with E-state index < -0.39 is 15.6 Å². The van der Waals surface area contributed by atoms with Crippen molar-refractivity contribution in [1.82, 2.24) is 4.90 Å². The molecule has 1 unspecified atom stereocenters. The van der Waals surface area contributed by atoms with Crippen LogP contribution in [0.5, 0.6) is 5.75 Å². The molecule has 2 aromatic carbocycles. The van der Waals surface area contributed by atoms with Crippen molar-refractivity contribution in [2.24, 2.45) is 0 Å². The van der Waals surface area contributed by atoms with Gasteiger partial charge in [-0.05, 0) is 73.5 Å². The number of halogens is 3. The fraction of sp³-hybridized carbons (Fsp3) is 0.478. The van der Waals surface area contributed by atoms with Crippen LogP contribution >= 0.6 is 0 Å². The Bertz CT molecular complexity index is 1020. The molecule has 2 aromatic rings. The van der Waals surface area contributed by atoms with E-state index in [9.17, 15) is 21.6 Å². The number of rotatable bonds is 6. The summed E-state index contributed by atoms with van der Waals surface area (Å²) in [6.07, 6.45) is 4.82. The van der Waals surface area contributed by atoms with Gasteiger partial charge < -0.3 is 9.08 Å². The van der Waals surface area contributed by atoms with Crippen LogP contribution in [0.3, 0.4) is 0 Å². The minimum Gasteiger partial charge on any atom is -0.376 e. The Balaban J connectivity index is 1.27. The SMILES string of the molecule is O=S(=O)(Oc1ccc(N2CCN(CCC3CCCc4ccccc43)CC2)cc1)C(F)(F)F. The molecule has 1 heterocycles. The number of fused-ring (bicyclic) bond motifs is 1. The van der Waals surface area contributed by atoms with Gasteiger partial charge in [0.2, 0.25) is 0 Å². The van der Waals surface area contributed by atoms with E-state index in [-0.39, 0.29) is 5.75 Å². The van der Waals surface area contributed by atoms with Gasteiger partial charge in [0.25, 0.3) is 0 Å². The highest BCUT2D eigenvalue weighted by Crippen LogP contribution is 2.34. The Morgan fingerprint density at radius 1 is 0.969 bits per heavy atom. The molecule has 0 N–H and O–H groups in total. The third kappa shape index (κ3) is 5.20. The number of hydrogen-bond acceptors (Lipinski definition) is 5. The van der Waals surface area contributed by atoms with Crippen LogP contribution in [0, 0.1) is 0 Å². The van der Waals surface area contributed by atoms with Crippen LogP contribution in [-0.4, -0.2) is 51.5 Å². The topological polar surface area (TPSA) is 49.9 Å². The van der Waals surface area contributed by atoms with Crippen molar-refractivity contribution in [3.63, 3.8) is 0 Å². The van der Waals surface area contributed by atoms with Crippen molar-refractivity contribution in [2.45, 2.75) is 37.1 Å². The van der Waals surface area contributed by atoms with E-state index in [0.29, 0.717) is 5.92 Å². The van der Waals surface area contributed by atoms with Crippen LogP contribution < -0.4 is 9.08 Å². The van der Waals surface area contributed by atoms with Crippen LogP contribution in [0.2, 0.25) is 0 Å². The van der Waals surface area contributed by atoms with Crippen LogP contribution in [0.1, 0.15) is 36.3 Å². The number of aryl methyl sites for hydroxylation is 1. The summed E-state index contributed by atoms with van der Waals surface area (Å²) in [7, 11) is -5.65. The molecule has 5 nitrogen and oxygen atoms in total. The molecule has 9 heteroatoms. The Labute approximate surface area is 186 Å². The highest BCUT2D eigenvalue weighted by atomic mass is 32.2. The standard InChI is InChI=1S/C23H27F3N2O3S/c24-23(25,26)32(29,30)31-21-10-8-20(9-11-21)28-16-14-27(15-17-28)13-12-19-6-3-5-18-4-1-2-7-22(18)19/h1-2,4,7-11,19H,3,5-6,12-17H2. The van der Waals surface area contributed by atoms with E-state index in [1.165, 1.54) is 42.5 Å². The van der Waals surface area contributed by atoms with Gasteiger partial charge in [-0.3, -0.25) is 4.90 Å². The Kier molecular flexibility index (Phi) is 6.67. The summed E-state index contributed by atoms with van der Waals surface area (Å²) >= 11 is 0. The molecule has 4 rings (SSSR count). The van der Waals surface area contributed by atoms with Gasteiger partial charge in [0.1, 0.15) is 5.75 Å². The first kappa shape index (κ1) is 22.9. The lowest BCUT2D eigenvalue weighted by Crippen LogP contribution is -2.46. The Morgan fingerprint density at radius 2 is 1.66 bits per heavy atom. The molecule has 0 saturated carbocycles. The number of anilines is 1. The predicted octanol–water partition coefficient (Wildman–Crippen LogP) is 4.55. The molecule has 1 aliphatic heterocycles. The maximum absolute atomic E-state index is 12.5. The van der Waals surface area contributed by atoms with Gasteiger partial charge in [-0.2, -0.15) is 21.6 Å². The van der Waals surface area contributed by atoms with E-state index in [0.717, 1.165) is 44.8 Å². The summed E-state index contributed by atoms with van der Waals surface area (Å²) in [5, 5.41) is 0. The van der Waals surface area contributed by atoms with E-state index in [1.807, 2.05) is 0 Å². The second-order valence-electron chi connectivity index (χ2n) is 8.38.